The van der Waals surface area contributed by atoms with Crippen LogP contribution in [-0.2, 0) is 0 Å². The van der Waals surface area contributed by atoms with Crippen LogP contribution in [0.3, 0.4) is 0 Å². The molecule has 1 atom stereocenters. The Hall–Kier alpha value is -3.41. The van der Waals surface area contributed by atoms with Gasteiger partial charge in [-0.25, -0.2) is 4.68 Å². The van der Waals surface area contributed by atoms with Crippen LogP contribution in [-0.4, -0.2) is 27.7 Å². The van der Waals surface area contributed by atoms with E-state index in [-0.39, 0.29) is 11.8 Å². The maximum atomic E-state index is 13.1. The summed E-state index contributed by atoms with van der Waals surface area (Å²) >= 11 is 0. The zero-order valence-corrected chi connectivity index (χ0v) is 13.4. The number of allylic oxidation sites excluding steroid dienone is 1. The summed E-state index contributed by atoms with van der Waals surface area (Å²) in [6.07, 6.45) is 1.49. The summed E-state index contributed by atoms with van der Waals surface area (Å²) in [5, 5.41) is 7.61. The van der Waals surface area contributed by atoms with E-state index in [1.807, 2.05) is 48.5 Å². The quantitative estimate of drug-likeness (QED) is 0.782. The number of anilines is 1. The third kappa shape index (κ3) is 1.88. The van der Waals surface area contributed by atoms with Crippen LogP contribution >= 0.6 is 0 Å². The van der Waals surface area contributed by atoms with Crippen LogP contribution in [0.25, 0.3) is 5.70 Å². The van der Waals surface area contributed by atoms with Gasteiger partial charge in [-0.3, -0.25) is 4.79 Å². The number of fused-ring (bicyclic) bond motifs is 3. The highest BCUT2D eigenvalue weighted by molar-refractivity contribution is 6.23. The number of nitrogens with zero attached hydrogens (tertiary/aromatic N) is 3. The maximum Gasteiger partial charge on any atom is 0.226 e. The Morgan fingerprint density at radius 1 is 1.12 bits per heavy atom. The average Bonchev–Trinajstić information content (AvgIpc) is 3.24. The number of methoxy groups -OCH3 is 1. The molecule has 0 saturated heterocycles. The lowest BCUT2D eigenvalue weighted by molar-refractivity contribution is 0.102. The van der Waals surface area contributed by atoms with E-state index in [1.165, 1.54) is 6.33 Å². The van der Waals surface area contributed by atoms with Crippen LogP contribution in [0.15, 0.2) is 60.4 Å². The molecule has 0 bridgehead atoms. The minimum absolute atomic E-state index is 0.0204. The van der Waals surface area contributed by atoms with Crippen molar-refractivity contribution in [1.82, 2.24) is 14.8 Å². The van der Waals surface area contributed by atoms with Gasteiger partial charge in [0.1, 0.15) is 18.1 Å². The minimum atomic E-state index is -0.344. The number of benzene rings is 2. The number of carbonyl (C=O) groups is 1. The lowest BCUT2D eigenvalue weighted by Crippen LogP contribution is -2.25. The molecule has 0 unspecified atom stereocenters. The van der Waals surface area contributed by atoms with Crippen LogP contribution in [0.4, 0.5) is 5.95 Å². The number of ether oxygens (including phenoxy) is 1. The lowest BCUT2D eigenvalue weighted by Gasteiger charge is -2.26. The minimum Gasteiger partial charge on any atom is -0.497 e. The predicted molar refractivity (Wildman–Crippen MR) is 92.5 cm³/mol. The molecule has 3 aromatic rings. The van der Waals surface area contributed by atoms with Gasteiger partial charge in [-0.2, -0.15) is 10.1 Å². The molecule has 5 rings (SSSR count). The van der Waals surface area contributed by atoms with E-state index in [0.29, 0.717) is 17.1 Å². The van der Waals surface area contributed by atoms with Crippen molar-refractivity contribution >= 4 is 17.4 Å². The highest BCUT2D eigenvalue weighted by Gasteiger charge is 2.40. The molecule has 1 N–H and O–H groups in total. The molecule has 6 heteroatoms. The van der Waals surface area contributed by atoms with Crippen molar-refractivity contribution < 1.29 is 9.53 Å². The lowest BCUT2D eigenvalue weighted by atomic mass is 9.94. The molecule has 1 aliphatic carbocycles. The first-order valence-corrected chi connectivity index (χ1v) is 7.96. The molecule has 1 aliphatic heterocycles. The molecule has 0 spiro atoms. The first-order chi connectivity index (χ1) is 12.3. The second-order valence-corrected chi connectivity index (χ2v) is 6.00. The fourth-order valence-corrected chi connectivity index (χ4v) is 3.58. The number of ketones is 1. The third-order valence-corrected chi connectivity index (χ3v) is 4.69. The Balaban J connectivity index is 1.76. The average molecular weight is 330 g/mol. The smallest absolute Gasteiger partial charge is 0.226 e. The Morgan fingerprint density at radius 2 is 1.96 bits per heavy atom. The van der Waals surface area contributed by atoms with Crippen LogP contribution < -0.4 is 10.1 Å². The summed E-state index contributed by atoms with van der Waals surface area (Å²) in [5.74, 6) is 1.38. The molecule has 122 valence electrons. The Morgan fingerprint density at radius 3 is 2.80 bits per heavy atom. The number of aromatic nitrogens is 3. The summed E-state index contributed by atoms with van der Waals surface area (Å²) in [5.41, 5.74) is 4.05. The van der Waals surface area contributed by atoms with E-state index < -0.39 is 0 Å². The van der Waals surface area contributed by atoms with E-state index in [2.05, 4.69) is 15.4 Å². The monoisotopic (exact) mass is 330 g/mol. The summed E-state index contributed by atoms with van der Waals surface area (Å²) in [7, 11) is 1.63. The maximum absolute atomic E-state index is 13.1. The van der Waals surface area contributed by atoms with Gasteiger partial charge in [0.2, 0.25) is 5.95 Å². The Kier molecular flexibility index (Phi) is 2.82. The van der Waals surface area contributed by atoms with Gasteiger partial charge in [-0.05, 0) is 17.7 Å². The van der Waals surface area contributed by atoms with Gasteiger partial charge in [-0.15, -0.1) is 0 Å². The van der Waals surface area contributed by atoms with E-state index in [0.717, 1.165) is 22.6 Å². The normalized spacial score (nSPS) is 17.6. The summed E-state index contributed by atoms with van der Waals surface area (Å²) in [6.45, 7) is 0. The van der Waals surface area contributed by atoms with Gasteiger partial charge in [0.15, 0.2) is 5.78 Å². The van der Waals surface area contributed by atoms with Crippen molar-refractivity contribution in [3.63, 3.8) is 0 Å². The van der Waals surface area contributed by atoms with E-state index in [9.17, 15) is 4.79 Å². The van der Waals surface area contributed by atoms with Crippen molar-refractivity contribution in [3.05, 3.63) is 77.1 Å². The molecular formula is C19H14N4O2. The molecule has 1 aromatic heterocycles. The molecule has 2 aliphatic rings. The largest absolute Gasteiger partial charge is 0.497 e. The molecule has 2 heterocycles. The highest BCUT2D eigenvalue weighted by atomic mass is 16.5. The Labute approximate surface area is 143 Å². The SMILES string of the molecule is COc1cccc([C@H]2C3=C(Nc4ncnn42)c2ccccc2C3=O)c1. The number of nitrogens with one attached hydrogen (secondary N) is 1. The number of hydrogen-bond donors (Lipinski definition) is 1. The van der Waals surface area contributed by atoms with Crippen LogP contribution in [0.1, 0.15) is 27.5 Å². The molecule has 0 saturated carbocycles. The molecule has 0 amide bonds. The number of Topliss-reactive ketones (excluding diaryl/α,β-unsaturated/α-hetero) is 1. The van der Waals surface area contributed by atoms with Crippen molar-refractivity contribution in [1.29, 1.82) is 0 Å². The van der Waals surface area contributed by atoms with Gasteiger partial charge < -0.3 is 10.1 Å². The van der Waals surface area contributed by atoms with Crippen LogP contribution in [0.5, 0.6) is 5.75 Å². The first kappa shape index (κ1) is 14.0. The molecule has 2 aromatic carbocycles. The van der Waals surface area contributed by atoms with Gasteiger partial charge in [0.05, 0.1) is 18.4 Å². The topological polar surface area (TPSA) is 69.0 Å². The number of carbonyl (C=O) groups excluding carboxylic acids is 1. The number of hydrogen-bond acceptors (Lipinski definition) is 5. The highest BCUT2D eigenvalue weighted by Crippen LogP contribution is 2.44. The van der Waals surface area contributed by atoms with Crippen molar-refractivity contribution in [2.45, 2.75) is 6.04 Å². The Bertz CT molecular complexity index is 1050. The van der Waals surface area contributed by atoms with Crippen molar-refractivity contribution in [3.8, 4) is 5.75 Å². The predicted octanol–water partition coefficient (Wildman–Crippen LogP) is 2.91. The third-order valence-electron chi connectivity index (χ3n) is 4.69. The van der Waals surface area contributed by atoms with Gasteiger partial charge in [-0.1, -0.05) is 36.4 Å². The van der Waals surface area contributed by atoms with E-state index >= 15 is 0 Å². The van der Waals surface area contributed by atoms with Crippen LogP contribution in [0, 0.1) is 0 Å². The first-order valence-electron chi connectivity index (χ1n) is 7.96. The summed E-state index contributed by atoms with van der Waals surface area (Å²) in [4.78, 5) is 17.4. The molecule has 6 nitrogen and oxygen atoms in total. The zero-order valence-electron chi connectivity index (χ0n) is 13.4. The van der Waals surface area contributed by atoms with Crippen LogP contribution in [0.2, 0.25) is 0 Å². The van der Waals surface area contributed by atoms with Crippen molar-refractivity contribution in [2.75, 3.05) is 12.4 Å². The number of rotatable bonds is 2. The van der Waals surface area contributed by atoms with Gasteiger partial charge in [0.25, 0.3) is 0 Å². The molecule has 25 heavy (non-hydrogen) atoms. The zero-order chi connectivity index (χ0) is 17.0. The molecule has 0 fully saturated rings. The summed E-state index contributed by atoms with van der Waals surface area (Å²) < 4.78 is 7.10. The van der Waals surface area contributed by atoms with Gasteiger partial charge in [0, 0.05) is 11.1 Å². The molecule has 0 radical (unpaired) electrons. The van der Waals surface area contributed by atoms with Gasteiger partial charge >= 0.3 is 0 Å². The summed E-state index contributed by atoms with van der Waals surface area (Å²) in [6, 6.07) is 15.0. The standard InChI is InChI=1S/C19H14N4O2/c1-25-12-6-4-5-11(9-12)17-15-16(22-19-20-10-21-23(17)19)13-7-2-3-8-14(13)18(15)24/h2-10,17H,1H3,(H,20,21,22)/t17-/m0/s1. The molecular weight excluding hydrogens is 316 g/mol. The van der Waals surface area contributed by atoms with E-state index in [1.54, 1.807) is 11.8 Å². The van der Waals surface area contributed by atoms with Crippen molar-refractivity contribution in [2.24, 2.45) is 0 Å². The second kappa shape index (κ2) is 5.04. The van der Waals surface area contributed by atoms with E-state index in [4.69, 9.17) is 4.74 Å². The second-order valence-electron chi connectivity index (χ2n) is 6.00. The fourth-order valence-electron chi connectivity index (χ4n) is 3.58. The fraction of sp³-hybridized carbons (Fsp3) is 0.105.